The molecule has 2 aromatic rings. The van der Waals surface area contributed by atoms with E-state index in [0.29, 0.717) is 0 Å². The van der Waals surface area contributed by atoms with E-state index in [9.17, 15) is 9.18 Å². The van der Waals surface area contributed by atoms with Gasteiger partial charge in [0.1, 0.15) is 11.6 Å². The molecule has 82 valence electrons. The summed E-state index contributed by atoms with van der Waals surface area (Å²) in [6, 6.07) is 6.49. The van der Waals surface area contributed by atoms with Crippen LogP contribution in [0.2, 0.25) is 0 Å². The van der Waals surface area contributed by atoms with Crippen LogP contribution in [0.3, 0.4) is 0 Å². The Balaban J connectivity index is 2.18. The Labute approximate surface area is 90.3 Å². The molecule has 0 saturated heterocycles. The monoisotopic (exact) mass is 221 g/mol. The van der Waals surface area contributed by atoms with E-state index in [1.54, 1.807) is 6.07 Å². The predicted octanol–water partition coefficient (Wildman–Crippen LogP) is 2.38. The number of carbonyl (C=O) groups excluding carboxylic acids is 1. The van der Waals surface area contributed by atoms with Crippen LogP contribution in [0.1, 0.15) is 10.6 Å². The average Bonchev–Trinajstić information content (AvgIpc) is 2.75. The van der Waals surface area contributed by atoms with Gasteiger partial charge in [-0.15, -0.1) is 0 Å². The van der Waals surface area contributed by atoms with E-state index < -0.39 is 11.7 Å². The molecule has 2 N–H and O–H groups in total. The summed E-state index contributed by atoms with van der Waals surface area (Å²) in [7, 11) is 0. The van der Waals surface area contributed by atoms with Crippen molar-refractivity contribution in [3.8, 4) is 5.75 Å². The summed E-state index contributed by atoms with van der Waals surface area (Å²) >= 11 is 0. The highest BCUT2D eigenvalue weighted by molar-refractivity contribution is 6.02. The van der Waals surface area contributed by atoms with Gasteiger partial charge in [-0.3, -0.25) is 4.79 Å². The summed E-state index contributed by atoms with van der Waals surface area (Å²) in [6.45, 7) is 0. The Hall–Kier alpha value is -2.30. The van der Waals surface area contributed by atoms with E-state index in [4.69, 9.17) is 9.52 Å². The molecule has 2 rings (SSSR count). The molecule has 0 aliphatic rings. The topological polar surface area (TPSA) is 62.5 Å². The molecule has 5 heteroatoms. The Morgan fingerprint density at radius 3 is 2.81 bits per heavy atom. The van der Waals surface area contributed by atoms with Crippen LogP contribution in [0.4, 0.5) is 10.1 Å². The van der Waals surface area contributed by atoms with Gasteiger partial charge in [0, 0.05) is 6.07 Å². The molecule has 0 saturated carbocycles. The lowest BCUT2D eigenvalue weighted by atomic mass is 10.3. The van der Waals surface area contributed by atoms with Crippen LogP contribution in [0.15, 0.2) is 41.0 Å². The summed E-state index contributed by atoms with van der Waals surface area (Å²) in [5.41, 5.74) is -0.0146. The van der Waals surface area contributed by atoms with Crippen LogP contribution in [-0.4, -0.2) is 11.0 Å². The number of nitrogens with one attached hydrogen (secondary N) is 1. The van der Waals surface area contributed by atoms with Crippen molar-refractivity contribution in [2.24, 2.45) is 0 Å². The number of benzene rings is 1. The Kier molecular flexibility index (Phi) is 2.59. The second-order valence-electron chi connectivity index (χ2n) is 3.10. The molecule has 1 amide bonds. The van der Waals surface area contributed by atoms with E-state index in [0.717, 1.165) is 6.07 Å². The van der Waals surface area contributed by atoms with Crippen LogP contribution in [-0.2, 0) is 0 Å². The van der Waals surface area contributed by atoms with Crippen molar-refractivity contribution in [3.05, 3.63) is 48.2 Å². The molecule has 16 heavy (non-hydrogen) atoms. The molecule has 1 aromatic heterocycles. The molecule has 0 bridgehead atoms. The number of rotatable bonds is 2. The average molecular weight is 221 g/mol. The fourth-order valence-electron chi connectivity index (χ4n) is 1.20. The number of amides is 1. The molecule has 1 heterocycles. The van der Waals surface area contributed by atoms with Gasteiger partial charge in [0.2, 0.25) is 0 Å². The number of halogens is 1. The van der Waals surface area contributed by atoms with Gasteiger partial charge in [-0.25, -0.2) is 4.39 Å². The zero-order chi connectivity index (χ0) is 11.5. The third-order valence-corrected chi connectivity index (χ3v) is 1.95. The highest BCUT2D eigenvalue weighted by Gasteiger charge is 2.11. The van der Waals surface area contributed by atoms with Gasteiger partial charge in [0.25, 0.3) is 5.91 Å². The lowest BCUT2D eigenvalue weighted by Crippen LogP contribution is -2.11. The van der Waals surface area contributed by atoms with Gasteiger partial charge in [-0.2, -0.15) is 0 Å². The van der Waals surface area contributed by atoms with Crippen molar-refractivity contribution in [1.29, 1.82) is 0 Å². The highest BCUT2D eigenvalue weighted by atomic mass is 19.1. The number of phenolic OH excluding ortho intramolecular Hbond substituents is 1. The first-order valence-corrected chi connectivity index (χ1v) is 4.50. The maximum Gasteiger partial charge on any atom is 0.291 e. The number of hydrogen-bond donors (Lipinski definition) is 2. The second kappa shape index (κ2) is 4.06. The molecular weight excluding hydrogens is 213 g/mol. The summed E-state index contributed by atoms with van der Waals surface area (Å²) < 4.78 is 18.1. The summed E-state index contributed by atoms with van der Waals surface area (Å²) in [4.78, 5) is 11.5. The van der Waals surface area contributed by atoms with Crippen LogP contribution in [0.25, 0.3) is 0 Å². The van der Waals surface area contributed by atoms with Crippen LogP contribution in [0.5, 0.6) is 5.75 Å². The molecule has 0 atom stereocenters. The fraction of sp³-hybridized carbons (Fsp3) is 0. The van der Waals surface area contributed by atoms with Crippen molar-refractivity contribution < 1.29 is 18.7 Å². The van der Waals surface area contributed by atoms with Gasteiger partial charge in [0.05, 0.1) is 12.0 Å². The second-order valence-corrected chi connectivity index (χ2v) is 3.10. The van der Waals surface area contributed by atoms with E-state index in [1.807, 2.05) is 0 Å². The first kappa shape index (κ1) is 10.2. The van der Waals surface area contributed by atoms with Crippen molar-refractivity contribution in [3.63, 3.8) is 0 Å². The van der Waals surface area contributed by atoms with Crippen molar-refractivity contribution in [1.82, 2.24) is 0 Å². The third-order valence-electron chi connectivity index (χ3n) is 1.95. The summed E-state index contributed by atoms with van der Waals surface area (Å²) in [6.07, 6.45) is 1.35. The molecule has 0 fully saturated rings. The van der Waals surface area contributed by atoms with Crippen LogP contribution >= 0.6 is 0 Å². The zero-order valence-corrected chi connectivity index (χ0v) is 8.11. The van der Waals surface area contributed by atoms with E-state index in [2.05, 4.69) is 5.32 Å². The van der Waals surface area contributed by atoms with Crippen LogP contribution in [0, 0.1) is 5.82 Å². The first-order chi connectivity index (χ1) is 7.66. The standard InChI is InChI=1S/C11H8FNO3/c12-8-6-7(14)3-4-9(8)13-11(15)10-2-1-5-16-10/h1-6,14H,(H,13,15). The van der Waals surface area contributed by atoms with Gasteiger partial charge < -0.3 is 14.8 Å². The first-order valence-electron chi connectivity index (χ1n) is 4.50. The Morgan fingerprint density at radius 1 is 1.38 bits per heavy atom. The molecule has 0 aliphatic carbocycles. The quantitative estimate of drug-likeness (QED) is 0.765. The predicted molar refractivity (Wildman–Crippen MR) is 54.7 cm³/mol. The summed E-state index contributed by atoms with van der Waals surface area (Å²) in [5.74, 6) is -1.37. The van der Waals surface area contributed by atoms with E-state index in [-0.39, 0.29) is 17.2 Å². The molecule has 0 unspecified atom stereocenters. The highest BCUT2D eigenvalue weighted by Crippen LogP contribution is 2.20. The van der Waals surface area contributed by atoms with E-state index >= 15 is 0 Å². The molecule has 1 aromatic carbocycles. The van der Waals surface area contributed by atoms with Crippen molar-refractivity contribution in [2.45, 2.75) is 0 Å². The Bertz CT molecular complexity index is 508. The Morgan fingerprint density at radius 2 is 2.19 bits per heavy atom. The number of carbonyl (C=O) groups is 1. The van der Waals surface area contributed by atoms with Gasteiger partial charge in [0.15, 0.2) is 5.76 Å². The van der Waals surface area contributed by atoms with Gasteiger partial charge in [-0.05, 0) is 24.3 Å². The maximum atomic E-state index is 13.2. The molecule has 0 radical (unpaired) electrons. The van der Waals surface area contributed by atoms with Crippen molar-refractivity contribution >= 4 is 11.6 Å². The number of phenols is 1. The lowest BCUT2D eigenvalue weighted by molar-refractivity contribution is 0.0996. The van der Waals surface area contributed by atoms with Gasteiger partial charge >= 0.3 is 0 Å². The molecule has 0 aliphatic heterocycles. The number of furan rings is 1. The smallest absolute Gasteiger partial charge is 0.291 e. The zero-order valence-electron chi connectivity index (χ0n) is 8.11. The van der Waals surface area contributed by atoms with Crippen molar-refractivity contribution in [2.75, 3.05) is 5.32 Å². The fourth-order valence-corrected chi connectivity index (χ4v) is 1.20. The minimum Gasteiger partial charge on any atom is -0.508 e. The lowest BCUT2D eigenvalue weighted by Gasteiger charge is -2.04. The summed E-state index contributed by atoms with van der Waals surface area (Å²) in [5, 5.41) is 11.3. The number of hydrogen-bond acceptors (Lipinski definition) is 3. The van der Waals surface area contributed by atoms with Gasteiger partial charge in [-0.1, -0.05) is 0 Å². The SMILES string of the molecule is O=C(Nc1ccc(O)cc1F)c1ccco1. The number of aromatic hydroxyl groups is 1. The normalized spacial score (nSPS) is 10.1. The van der Waals surface area contributed by atoms with E-state index in [1.165, 1.54) is 24.5 Å². The third kappa shape index (κ3) is 2.03. The molecule has 0 spiro atoms. The minimum absolute atomic E-state index is 0.0146. The van der Waals surface area contributed by atoms with Crippen LogP contribution < -0.4 is 5.32 Å². The maximum absolute atomic E-state index is 13.2. The minimum atomic E-state index is -0.708. The largest absolute Gasteiger partial charge is 0.508 e. The number of anilines is 1. The molecule has 4 nitrogen and oxygen atoms in total. The molecular formula is C11H8FNO3.